The van der Waals surface area contributed by atoms with Gasteiger partial charge in [0.1, 0.15) is 25.0 Å². The van der Waals surface area contributed by atoms with Crippen LogP contribution < -0.4 is 9.84 Å². The lowest BCUT2D eigenvalue weighted by Crippen LogP contribution is -2.54. The summed E-state index contributed by atoms with van der Waals surface area (Å²) in [6.45, 7) is 1.51. The van der Waals surface area contributed by atoms with Gasteiger partial charge in [0, 0.05) is 28.0 Å². The molecule has 0 amide bonds. The zero-order valence-corrected chi connectivity index (χ0v) is 21.2. The van der Waals surface area contributed by atoms with Gasteiger partial charge in [0.05, 0.1) is 25.7 Å². The van der Waals surface area contributed by atoms with Crippen molar-refractivity contribution in [1.29, 1.82) is 0 Å². The third kappa shape index (κ3) is 4.31. The molecule has 2 bridgehead atoms. The second-order valence-electron chi connectivity index (χ2n) is 9.97. The number of quaternary nitrogens is 1. The molecule has 3 unspecified atom stereocenters. The standard InChI is InChI=1S/C27H31NO4S2/c1-28(2,14-15-31-20-8-4-3-5-9-20)22-18-19-12-13-21(22)25(19)32-26(29)27(30,23-10-6-16-33-23)24-11-7-17-34-24/h3-11,16-17,19,21-22,25H,12-15,18H2,1-2H3/t19?,21?,22-,25?/m0/s1. The van der Waals surface area contributed by atoms with Gasteiger partial charge in [0.2, 0.25) is 0 Å². The first kappa shape index (κ1) is 23.5. The Labute approximate surface area is 209 Å². The molecule has 34 heavy (non-hydrogen) atoms. The van der Waals surface area contributed by atoms with Gasteiger partial charge in [-0.2, -0.15) is 0 Å². The van der Waals surface area contributed by atoms with Gasteiger partial charge in [0.15, 0.2) is 0 Å². The SMILES string of the molecule is C[N+](C)(CCOc1ccccc1)[C@H]1CC2CCC1C2OC(=O)C([O-])(c1cccs1)c1cccs1. The molecular weight excluding hydrogens is 466 g/mol. The lowest BCUT2D eigenvalue weighted by molar-refractivity contribution is -0.918. The number of nitrogens with zero attached hydrogens (tertiary/aromatic N) is 1. The van der Waals surface area contributed by atoms with E-state index in [1.165, 1.54) is 22.7 Å². The maximum absolute atomic E-state index is 14.0. The Morgan fingerprint density at radius 3 is 2.32 bits per heavy atom. The molecule has 2 aromatic heterocycles. The zero-order chi connectivity index (χ0) is 23.8. The molecule has 1 aromatic carbocycles. The number of likely N-dealkylation sites (N-methyl/N-ethyl adjacent to an activating group) is 1. The van der Waals surface area contributed by atoms with Crippen molar-refractivity contribution in [2.24, 2.45) is 11.8 Å². The summed E-state index contributed by atoms with van der Waals surface area (Å²) in [6, 6.07) is 17.4. The molecule has 7 heteroatoms. The van der Waals surface area contributed by atoms with Crippen LogP contribution in [0.15, 0.2) is 65.4 Å². The second kappa shape index (κ2) is 9.46. The molecule has 0 spiro atoms. The Morgan fingerprint density at radius 2 is 1.71 bits per heavy atom. The molecular formula is C27H31NO4S2. The normalized spacial score (nSPS) is 24.3. The number of benzene rings is 1. The van der Waals surface area contributed by atoms with Gasteiger partial charge in [-0.1, -0.05) is 30.3 Å². The van der Waals surface area contributed by atoms with Crippen LogP contribution in [-0.4, -0.2) is 49.8 Å². The summed E-state index contributed by atoms with van der Waals surface area (Å²) >= 11 is 2.64. The number of carbonyl (C=O) groups excluding carboxylic acids is 1. The minimum Gasteiger partial charge on any atom is -0.833 e. The lowest BCUT2D eigenvalue weighted by atomic mass is 9.93. The fraction of sp³-hybridized carbons (Fsp3) is 0.444. The molecule has 0 saturated heterocycles. The molecule has 0 radical (unpaired) electrons. The minimum absolute atomic E-state index is 0.182. The molecule has 180 valence electrons. The quantitative estimate of drug-likeness (QED) is 0.327. The highest BCUT2D eigenvalue weighted by Crippen LogP contribution is 2.50. The van der Waals surface area contributed by atoms with E-state index in [4.69, 9.17) is 9.47 Å². The van der Waals surface area contributed by atoms with Gasteiger partial charge in [-0.05, 0) is 47.9 Å². The number of rotatable bonds is 9. The van der Waals surface area contributed by atoms with E-state index < -0.39 is 11.6 Å². The molecule has 3 aromatic rings. The number of carbonyl (C=O) groups is 1. The number of hydrogen-bond acceptors (Lipinski definition) is 6. The van der Waals surface area contributed by atoms with Crippen molar-refractivity contribution >= 4 is 28.6 Å². The third-order valence-electron chi connectivity index (χ3n) is 7.64. The summed E-state index contributed by atoms with van der Waals surface area (Å²) in [4.78, 5) is 14.5. The fourth-order valence-corrected chi connectivity index (χ4v) is 7.49. The van der Waals surface area contributed by atoms with Crippen molar-refractivity contribution in [2.45, 2.75) is 37.0 Å². The van der Waals surface area contributed by atoms with Crippen molar-refractivity contribution in [3.8, 4) is 5.75 Å². The highest BCUT2D eigenvalue weighted by atomic mass is 32.1. The number of para-hydroxylation sites is 1. The van der Waals surface area contributed by atoms with Gasteiger partial charge in [-0.25, -0.2) is 0 Å². The van der Waals surface area contributed by atoms with Crippen LogP contribution in [0.1, 0.15) is 29.0 Å². The van der Waals surface area contributed by atoms with Crippen molar-refractivity contribution in [3.05, 3.63) is 75.1 Å². The van der Waals surface area contributed by atoms with Crippen LogP contribution in [0.5, 0.6) is 5.75 Å². The van der Waals surface area contributed by atoms with E-state index in [9.17, 15) is 9.90 Å². The number of hydrogen-bond donors (Lipinski definition) is 0. The predicted octanol–water partition coefficient (Wildman–Crippen LogP) is 4.28. The first-order chi connectivity index (χ1) is 16.4. The van der Waals surface area contributed by atoms with Crippen LogP contribution in [0.3, 0.4) is 0 Å². The number of ether oxygens (including phenoxy) is 2. The molecule has 4 atom stereocenters. The average Bonchev–Trinajstić information content (AvgIpc) is 3.65. The second-order valence-corrected chi connectivity index (χ2v) is 11.9. The summed E-state index contributed by atoms with van der Waals surface area (Å²) < 4.78 is 12.9. The summed E-state index contributed by atoms with van der Waals surface area (Å²) in [5.41, 5.74) is -1.99. The fourth-order valence-electron chi connectivity index (χ4n) is 5.79. The highest BCUT2D eigenvalue weighted by molar-refractivity contribution is 7.12. The van der Waals surface area contributed by atoms with Gasteiger partial charge in [-0.15, -0.1) is 22.7 Å². The Kier molecular flexibility index (Phi) is 6.55. The Bertz CT molecular complexity index is 1050. The molecule has 0 aliphatic heterocycles. The van der Waals surface area contributed by atoms with Gasteiger partial charge in [0.25, 0.3) is 0 Å². The van der Waals surface area contributed by atoms with Gasteiger partial charge >= 0.3 is 5.97 Å². The maximum atomic E-state index is 14.0. The van der Waals surface area contributed by atoms with Crippen molar-refractivity contribution < 1.29 is 23.9 Å². The summed E-state index contributed by atoms with van der Waals surface area (Å²) in [6.07, 6.45) is 2.94. The van der Waals surface area contributed by atoms with Gasteiger partial charge in [-0.3, -0.25) is 4.79 Å². The molecule has 2 aliphatic rings. The van der Waals surface area contributed by atoms with E-state index in [1.54, 1.807) is 12.1 Å². The third-order valence-corrected chi connectivity index (χ3v) is 9.58. The summed E-state index contributed by atoms with van der Waals surface area (Å²) in [5.74, 6) is 0.827. The van der Waals surface area contributed by atoms with Crippen LogP contribution in [-0.2, 0) is 15.1 Å². The van der Waals surface area contributed by atoms with E-state index in [0.29, 0.717) is 28.3 Å². The molecule has 2 saturated carbocycles. The Balaban J connectivity index is 1.28. The summed E-state index contributed by atoms with van der Waals surface area (Å²) in [5, 5.41) is 17.7. The van der Waals surface area contributed by atoms with Crippen LogP contribution in [0.25, 0.3) is 0 Å². The molecule has 0 N–H and O–H groups in total. The zero-order valence-electron chi connectivity index (χ0n) is 19.6. The van der Waals surface area contributed by atoms with E-state index in [-0.39, 0.29) is 12.0 Å². The van der Waals surface area contributed by atoms with Crippen LogP contribution in [0.4, 0.5) is 0 Å². The topological polar surface area (TPSA) is 58.6 Å². The first-order valence-electron chi connectivity index (χ1n) is 11.9. The van der Waals surface area contributed by atoms with E-state index in [1.807, 2.05) is 53.2 Å². The number of fused-ring (bicyclic) bond motifs is 2. The summed E-state index contributed by atoms with van der Waals surface area (Å²) in [7, 11) is 4.49. The van der Waals surface area contributed by atoms with E-state index >= 15 is 0 Å². The van der Waals surface area contributed by atoms with Crippen LogP contribution >= 0.6 is 22.7 Å². The maximum Gasteiger partial charge on any atom is 0.306 e. The molecule has 2 heterocycles. The molecule has 5 nitrogen and oxygen atoms in total. The largest absolute Gasteiger partial charge is 0.833 e. The van der Waals surface area contributed by atoms with Crippen molar-refractivity contribution in [1.82, 2.24) is 0 Å². The van der Waals surface area contributed by atoms with E-state index in [0.717, 1.165) is 36.0 Å². The molecule has 2 aliphatic carbocycles. The molecule has 2 fully saturated rings. The minimum atomic E-state index is -1.99. The number of thiophene rings is 2. The smallest absolute Gasteiger partial charge is 0.306 e. The van der Waals surface area contributed by atoms with Crippen LogP contribution in [0, 0.1) is 11.8 Å². The Hall–Kier alpha value is -2.19. The predicted molar refractivity (Wildman–Crippen MR) is 133 cm³/mol. The van der Waals surface area contributed by atoms with E-state index in [2.05, 4.69) is 14.1 Å². The van der Waals surface area contributed by atoms with Crippen LogP contribution in [0.2, 0.25) is 0 Å². The van der Waals surface area contributed by atoms with Crippen molar-refractivity contribution in [2.75, 3.05) is 27.2 Å². The van der Waals surface area contributed by atoms with Gasteiger partial charge < -0.3 is 19.1 Å². The van der Waals surface area contributed by atoms with Crippen molar-refractivity contribution in [3.63, 3.8) is 0 Å². The Morgan fingerprint density at radius 1 is 1.03 bits per heavy atom. The number of esters is 1. The molecule has 5 rings (SSSR count). The highest BCUT2D eigenvalue weighted by Gasteiger charge is 2.56. The lowest BCUT2D eigenvalue weighted by Gasteiger charge is -2.41. The average molecular weight is 498 g/mol. The first-order valence-corrected chi connectivity index (χ1v) is 13.7. The monoisotopic (exact) mass is 497 g/mol.